The number of hydrogen-bond acceptors (Lipinski definition) is 3. The van der Waals surface area contributed by atoms with Crippen molar-refractivity contribution >= 4 is 11.9 Å². The highest BCUT2D eigenvalue weighted by Gasteiger charge is 2.19. The van der Waals surface area contributed by atoms with E-state index in [0.29, 0.717) is 18.6 Å². The molecule has 0 aromatic heterocycles. The molecule has 1 atom stereocenters. The van der Waals surface area contributed by atoms with Gasteiger partial charge in [0.25, 0.3) is 5.91 Å². The molecular weight excluding hydrogens is 342 g/mol. The summed E-state index contributed by atoms with van der Waals surface area (Å²) in [5.74, 6) is -1.87. The van der Waals surface area contributed by atoms with Crippen LogP contribution in [-0.4, -0.2) is 29.6 Å². The molecule has 0 spiro atoms. The number of carboxylic acids is 1. The third kappa shape index (κ3) is 6.87. The fourth-order valence-electron chi connectivity index (χ4n) is 2.70. The van der Waals surface area contributed by atoms with Crippen LogP contribution in [0.1, 0.15) is 40.9 Å². The number of rotatable bonds is 9. The van der Waals surface area contributed by atoms with E-state index in [1.807, 2.05) is 57.2 Å². The van der Waals surface area contributed by atoms with Gasteiger partial charge in [0.1, 0.15) is 0 Å². The average Bonchev–Trinajstić information content (AvgIpc) is 2.63. The Labute approximate surface area is 160 Å². The summed E-state index contributed by atoms with van der Waals surface area (Å²) in [4.78, 5) is 23.9. The molecule has 27 heavy (non-hydrogen) atoms. The molecule has 0 aliphatic carbocycles. The lowest BCUT2D eigenvalue weighted by Gasteiger charge is -2.14. The van der Waals surface area contributed by atoms with Crippen LogP contribution in [0, 0.1) is 12.8 Å². The number of ether oxygens (including phenoxy) is 1. The summed E-state index contributed by atoms with van der Waals surface area (Å²) in [6.45, 7) is 6.49. The number of carboxylic acid groups (broad SMARTS) is 1. The molecule has 2 aromatic rings. The van der Waals surface area contributed by atoms with E-state index in [0.717, 1.165) is 16.7 Å². The molecule has 0 saturated carbocycles. The fraction of sp³-hybridized carbons (Fsp3) is 0.364. The summed E-state index contributed by atoms with van der Waals surface area (Å²) in [5.41, 5.74) is 3.53. The molecule has 0 aliphatic rings. The molecule has 2 aromatic carbocycles. The lowest BCUT2D eigenvalue weighted by Crippen LogP contribution is -2.34. The number of hydrogen-bond donors (Lipinski definition) is 2. The normalized spacial score (nSPS) is 12.0. The SMILES string of the molecule is Cc1cccc(CC(CNC(=O)c2ccc(COC(C)C)cc2)C(=O)O)c1. The van der Waals surface area contributed by atoms with Crippen molar-refractivity contribution in [2.45, 2.75) is 39.9 Å². The maximum atomic E-state index is 12.3. The second-order valence-corrected chi connectivity index (χ2v) is 7.00. The van der Waals surface area contributed by atoms with Crippen LogP contribution in [0.5, 0.6) is 0 Å². The third-order valence-corrected chi connectivity index (χ3v) is 4.22. The number of carbonyl (C=O) groups excluding carboxylic acids is 1. The largest absolute Gasteiger partial charge is 0.481 e. The van der Waals surface area contributed by atoms with Gasteiger partial charge in [-0.15, -0.1) is 0 Å². The monoisotopic (exact) mass is 369 g/mol. The zero-order valence-electron chi connectivity index (χ0n) is 16.1. The van der Waals surface area contributed by atoms with Crippen LogP contribution in [0.15, 0.2) is 48.5 Å². The maximum Gasteiger partial charge on any atom is 0.308 e. The minimum atomic E-state index is -0.919. The number of nitrogens with one attached hydrogen (secondary N) is 1. The van der Waals surface area contributed by atoms with Gasteiger partial charge in [-0.05, 0) is 50.5 Å². The van der Waals surface area contributed by atoms with Crippen LogP contribution < -0.4 is 5.32 Å². The summed E-state index contributed by atoms with van der Waals surface area (Å²) in [6.07, 6.45) is 0.525. The maximum absolute atomic E-state index is 12.3. The molecule has 5 heteroatoms. The molecule has 0 bridgehead atoms. The molecule has 0 saturated heterocycles. The van der Waals surface area contributed by atoms with Gasteiger partial charge >= 0.3 is 5.97 Å². The van der Waals surface area contributed by atoms with E-state index >= 15 is 0 Å². The molecule has 0 fully saturated rings. The van der Waals surface area contributed by atoms with Gasteiger partial charge in [0.2, 0.25) is 0 Å². The highest BCUT2D eigenvalue weighted by atomic mass is 16.5. The first kappa shape index (κ1) is 20.6. The van der Waals surface area contributed by atoms with E-state index < -0.39 is 11.9 Å². The highest BCUT2D eigenvalue weighted by molar-refractivity contribution is 5.94. The Bertz CT molecular complexity index is 768. The van der Waals surface area contributed by atoms with Crippen LogP contribution >= 0.6 is 0 Å². The fourth-order valence-corrected chi connectivity index (χ4v) is 2.70. The Balaban J connectivity index is 1.92. The zero-order chi connectivity index (χ0) is 19.8. The number of benzene rings is 2. The summed E-state index contributed by atoms with van der Waals surface area (Å²) >= 11 is 0. The predicted molar refractivity (Wildman–Crippen MR) is 105 cm³/mol. The van der Waals surface area contributed by atoms with E-state index in [-0.39, 0.29) is 18.6 Å². The lowest BCUT2D eigenvalue weighted by atomic mass is 9.98. The molecule has 0 radical (unpaired) electrons. The van der Waals surface area contributed by atoms with Gasteiger partial charge in [-0.3, -0.25) is 9.59 Å². The van der Waals surface area contributed by atoms with Crippen molar-refractivity contribution in [2.75, 3.05) is 6.54 Å². The Kier molecular flexibility index (Phi) is 7.55. The summed E-state index contributed by atoms with van der Waals surface area (Å²) in [6, 6.07) is 14.9. The number of carbonyl (C=O) groups is 2. The van der Waals surface area contributed by atoms with E-state index in [1.54, 1.807) is 12.1 Å². The van der Waals surface area contributed by atoms with Crippen molar-refractivity contribution in [3.63, 3.8) is 0 Å². The molecule has 5 nitrogen and oxygen atoms in total. The first-order chi connectivity index (χ1) is 12.8. The van der Waals surface area contributed by atoms with Gasteiger partial charge in [0.15, 0.2) is 0 Å². The molecule has 0 heterocycles. The minimum Gasteiger partial charge on any atom is -0.481 e. The number of aliphatic carboxylic acids is 1. The summed E-state index contributed by atoms with van der Waals surface area (Å²) in [7, 11) is 0. The first-order valence-electron chi connectivity index (χ1n) is 9.12. The van der Waals surface area contributed by atoms with Crippen LogP contribution in [-0.2, 0) is 22.6 Å². The van der Waals surface area contributed by atoms with Gasteiger partial charge in [-0.1, -0.05) is 42.0 Å². The Morgan fingerprint density at radius 2 is 1.78 bits per heavy atom. The van der Waals surface area contributed by atoms with E-state index in [4.69, 9.17) is 4.74 Å². The molecule has 0 aliphatic heterocycles. The van der Waals surface area contributed by atoms with Crippen molar-refractivity contribution in [1.82, 2.24) is 5.32 Å². The topological polar surface area (TPSA) is 75.6 Å². The Morgan fingerprint density at radius 3 is 2.37 bits per heavy atom. The number of aryl methyl sites for hydroxylation is 1. The Morgan fingerprint density at radius 1 is 1.07 bits per heavy atom. The van der Waals surface area contributed by atoms with E-state index in [1.165, 1.54) is 0 Å². The van der Waals surface area contributed by atoms with E-state index in [2.05, 4.69) is 5.32 Å². The first-order valence-corrected chi connectivity index (χ1v) is 9.12. The Hall–Kier alpha value is -2.66. The minimum absolute atomic E-state index is 0.0837. The highest BCUT2D eigenvalue weighted by Crippen LogP contribution is 2.12. The van der Waals surface area contributed by atoms with E-state index in [9.17, 15) is 14.7 Å². The van der Waals surface area contributed by atoms with Crippen molar-refractivity contribution in [1.29, 1.82) is 0 Å². The van der Waals surface area contributed by atoms with Crippen molar-refractivity contribution in [3.8, 4) is 0 Å². The summed E-state index contributed by atoms with van der Waals surface area (Å²) in [5, 5.41) is 12.2. The van der Waals surface area contributed by atoms with Crippen LogP contribution in [0.3, 0.4) is 0 Å². The van der Waals surface area contributed by atoms with Crippen molar-refractivity contribution in [3.05, 3.63) is 70.8 Å². The molecular formula is C22H27NO4. The van der Waals surface area contributed by atoms with Crippen LogP contribution in [0.25, 0.3) is 0 Å². The smallest absolute Gasteiger partial charge is 0.308 e. The van der Waals surface area contributed by atoms with Gasteiger partial charge < -0.3 is 15.2 Å². The van der Waals surface area contributed by atoms with Gasteiger partial charge in [0.05, 0.1) is 18.6 Å². The number of amides is 1. The van der Waals surface area contributed by atoms with Gasteiger partial charge in [-0.25, -0.2) is 0 Å². The zero-order valence-corrected chi connectivity index (χ0v) is 16.1. The quantitative estimate of drug-likeness (QED) is 0.708. The lowest BCUT2D eigenvalue weighted by molar-refractivity contribution is -0.141. The predicted octanol–water partition coefficient (Wildman–Crippen LogP) is 3.59. The summed E-state index contributed by atoms with van der Waals surface area (Å²) < 4.78 is 5.53. The standard InChI is InChI=1S/C22H27NO4/c1-15(2)27-14-17-7-9-19(10-8-17)21(24)23-13-20(22(25)26)12-18-6-4-5-16(3)11-18/h4-11,15,20H,12-14H2,1-3H3,(H,23,24)(H,25,26). The van der Waals surface area contributed by atoms with Crippen molar-refractivity contribution in [2.24, 2.45) is 5.92 Å². The van der Waals surface area contributed by atoms with Gasteiger partial charge in [-0.2, -0.15) is 0 Å². The molecule has 2 N–H and O–H groups in total. The van der Waals surface area contributed by atoms with Crippen LogP contribution in [0.4, 0.5) is 0 Å². The average molecular weight is 369 g/mol. The van der Waals surface area contributed by atoms with Crippen molar-refractivity contribution < 1.29 is 19.4 Å². The van der Waals surface area contributed by atoms with Crippen LogP contribution in [0.2, 0.25) is 0 Å². The molecule has 1 amide bonds. The molecule has 1 unspecified atom stereocenters. The second-order valence-electron chi connectivity index (χ2n) is 7.00. The third-order valence-electron chi connectivity index (χ3n) is 4.22. The van der Waals surface area contributed by atoms with Gasteiger partial charge in [0, 0.05) is 12.1 Å². The molecule has 144 valence electrons. The second kappa shape index (κ2) is 9.88. The molecule has 2 rings (SSSR count).